The monoisotopic (exact) mass is 379 g/mol. The van der Waals surface area contributed by atoms with Gasteiger partial charge in [0.25, 0.3) is 5.91 Å². The van der Waals surface area contributed by atoms with Crippen molar-refractivity contribution in [1.82, 2.24) is 5.32 Å². The average Bonchev–Trinajstić information content (AvgIpc) is 2.31. The molecule has 0 saturated carbocycles. The Bertz CT molecular complexity index is 423. The van der Waals surface area contributed by atoms with E-state index >= 15 is 0 Å². The van der Waals surface area contributed by atoms with Gasteiger partial charge in [0.05, 0.1) is 4.47 Å². The fourth-order valence-electron chi connectivity index (χ4n) is 1.64. The molecule has 1 amide bonds. The first-order valence-corrected chi connectivity index (χ1v) is 7.67. The summed E-state index contributed by atoms with van der Waals surface area (Å²) >= 11 is 6.44. The molecule has 1 atom stereocenters. The Kier molecular flexibility index (Phi) is 6.29. The molecule has 0 fully saturated rings. The summed E-state index contributed by atoms with van der Waals surface area (Å²) in [6.45, 7) is 4.20. The molecule has 2 nitrogen and oxygen atoms in total. The number of hydrogen-bond donors (Lipinski definition) is 1. The minimum atomic E-state index is -0.429. The molecule has 0 aliphatic carbocycles. The molecule has 0 aliphatic rings. The Morgan fingerprint density at radius 2 is 2.11 bits per heavy atom. The maximum atomic E-state index is 13.3. The average molecular weight is 381 g/mol. The van der Waals surface area contributed by atoms with E-state index < -0.39 is 5.82 Å². The number of carbonyl (C=O) groups excluding carboxylic acids is 1. The minimum absolute atomic E-state index is 0.0595. The first-order chi connectivity index (χ1) is 8.43. The van der Waals surface area contributed by atoms with Crippen LogP contribution in [0.2, 0.25) is 0 Å². The predicted molar refractivity (Wildman–Crippen MR) is 78.6 cm³/mol. The number of alkyl halides is 1. The van der Waals surface area contributed by atoms with E-state index in [2.05, 4.69) is 51.0 Å². The highest BCUT2D eigenvalue weighted by Crippen LogP contribution is 2.17. The van der Waals surface area contributed by atoms with Crippen molar-refractivity contribution in [3.8, 4) is 0 Å². The minimum Gasteiger partial charge on any atom is -0.348 e. The van der Waals surface area contributed by atoms with Gasteiger partial charge in [0.2, 0.25) is 0 Å². The molecular formula is C13H16Br2FNO. The fraction of sp³-hybridized carbons (Fsp3) is 0.462. The normalized spacial score (nSPS) is 12.6. The largest absolute Gasteiger partial charge is 0.348 e. The summed E-state index contributed by atoms with van der Waals surface area (Å²) in [6, 6.07) is 4.43. The van der Waals surface area contributed by atoms with E-state index in [0.29, 0.717) is 21.3 Å². The topological polar surface area (TPSA) is 29.1 Å². The van der Waals surface area contributed by atoms with Crippen molar-refractivity contribution in [2.75, 3.05) is 5.33 Å². The van der Waals surface area contributed by atoms with Gasteiger partial charge in [0.15, 0.2) is 0 Å². The maximum absolute atomic E-state index is 13.3. The standard InChI is InChI=1S/C13H16Br2FNO/c1-8(2)5-10(7-14)17-13(18)9-3-4-11(15)12(16)6-9/h3-4,6,8,10H,5,7H2,1-2H3,(H,17,18). The van der Waals surface area contributed by atoms with Crippen LogP contribution in [-0.2, 0) is 0 Å². The van der Waals surface area contributed by atoms with Crippen molar-refractivity contribution in [3.05, 3.63) is 34.1 Å². The number of rotatable bonds is 5. The van der Waals surface area contributed by atoms with Crippen LogP contribution in [0.15, 0.2) is 22.7 Å². The molecule has 0 saturated heterocycles. The van der Waals surface area contributed by atoms with E-state index in [0.717, 1.165) is 6.42 Å². The van der Waals surface area contributed by atoms with Crippen LogP contribution in [-0.4, -0.2) is 17.3 Å². The van der Waals surface area contributed by atoms with Gasteiger partial charge in [-0.25, -0.2) is 4.39 Å². The first-order valence-electron chi connectivity index (χ1n) is 5.76. The third-order valence-corrected chi connectivity index (χ3v) is 3.88. The SMILES string of the molecule is CC(C)CC(CBr)NC(=O)c1ccc(Br)c(F)c1. The Balaban J connectivity index is 2.71. The second-order valence-electron chi connectivity index (χ2n) is 4.58. The lowest BCUT2D eigenvalue weighted by atomic mass is 10.0. The van der Waals surface area contributed by atoms with E-state index in [1.54, 1.807) is 6.07 Å². The van der Waals surface area contributed by atoms with Crippen LogP contribution < -0.4 is 5.32 Å². The molecule has 100 valence electrons. The molecule has 1 aromatic rings. The zero-order chi connectivity index (χ0) is 13.7. The van der Waals surface area contributed by atoms with Crippen molar-refractivity contribution in [2.24, 2.45) is 5.92 Å². The molecule has 1 aromatic carbocycles. The lowest BCUT2D eigenvalue weighted by Crippen LogP contribution is -2.37. The number of hydrogen-bond acceptors (Lipinski definition) is 1. The summed E-state index contributed by atoms with van der Waals surface area (Å²) in [5.41, 5.74) is 0.338. The molecular weight excluding hydrogens is 365 g/mol. The first kappa shape index (κ1) is 15.6. The van der Waals surface area contributed by atoms with Crippen molar-refractivity contribution < 1.29 is 9.18 Å². The van der Waals surface area contributed by atoms with Gasteiger partial charge in [0, 0.05) is 16.9 Å². The smallest absolute Gasteiger partial charge is 0.251 e. The second-order valence-corrected chi connectivity index (χ2v) is 6.08. The van der Waals surface area contributed by atoms with Crippen LogP contribution in [0.25, 0.3) is 0 Å². The summed E-state index contributed by atoms with van der Waals surface area (Å²) in [4.78, 5) is 11.9. The maximum Gasteiger partial charge on any atom is 0.251 e. The lowest BCUT2D eigenvalue weighted by molar-refractivity contribution is 0.0936. The number of halogens is 3. The number of amides is 1. The number of carbonyl (C=O) groups is 1. The van der Waals surface area contributed by atoms with Crippen LogP contribution in [0.4, 0.5) is 4.39 Å². The van der Waals surface area contributed by atoms with Gasteiger partial charge in [0.1, 0.15) is 5.82 Å². The van der Waals surface area contributed by atoms with Gasteiger partial charge >= 0.3 is 0 Å². The van der Waals surface area contributed by atoms with E-state index in [-0.39, 0.29) is 11.9 Å². The Morgan fingerprint density at radius 1 is 1.44 bits per heavy atom. The second kappa shape index (κ2) is 7.24. The van der Waals surface area contributed by atoms with Gasteiger partial charge < -0.3 is 5.32 Å². The quantitative estimate of drug-likeness (QED) is 0.764. The van der Waals surface area contributed by atoms with Crippen molar-refractivity contribution >= 4 is 37.8 Å². The summed E-state index contributed by atoms with van der Waals surface area (Å²) < 4.78 is 13.7. The molecule has 1 rings (SSSR count). The zero-order valence-electron chi connectivity index (χ0n) is 10.3. The highest BCUT2D eigenvalue weighted by Gasteiger charge is 2.15. The third kappa shape index (κ3) is 4.69. The number of nitrogens with one attached hydrogen (secondary N) is 1. The van der Waals surface area contributed by atoms with Gasteiger partial charge in [-0.15, -0.1) is 0 Å². The Labute approximate surface area is 124 Å². The van der Waals surface area contributed by atoms with Crippen molar-refractivity contribution in [3.63, 3.8) is 0 Å². The molecule has 5 heteroatoms. The van der Waals surface area contributed by atoms with Gasteiger partial charge in [-0.2, -0.15) is 0 Å². The number of benzene rings is 1. The third-order valence-electron chi connectivity index (χ3n) is 2.46. The van der Waals surface area contributed by atoms with Crippen LogP contribution in [0.5, 0.6) is 0 Å². The highest BCUT2D eigenvalue weighted by atomic mass is 79.9. The molecule has 1 N–H and O–H groups in total. The van der Waals surface area contributed by atoms with Crippen LogP contribution in [0.3, 0.4) is 0 Å². The molecule has 0 aromatic heterocycles. The Hall–Kier alpha value is -0.420. The van der Waals surface area contributed by atoms with E-state index in [9.17, 15) is 9.18 Å². The van der Waals surface area contributed by atoms with Crippen molar-refractivity contribution in [1.29, 1.82) is 0 Å². The molecule has 0 spiro atoms. The molecule has 0 bridgehead atoms. The fourth-order valence-corrected chi connectivity index (χ4v) is 2.31. The molecule has 0 heterocycles. The summed E-state index contributed by atoms with van der Waals surface area (Å²) in [5, 5.41) is 3.58. The molecule has 0 aliphatic heterocycles. The van der Waals surface area contributed by atoms with Gasteiger partial charge in [-0.05, 0) is 46.5 Å². The van der Waals surface area contributed by atoms with Crippen LogP contribution in [0.1, 0.15) is 30.6 Å². The highest BCUT2D eigenvalue weighted by molar-refractivity contribution is 9.10. The molecule has 18 heavy (non-hydrogen) atoms. The lowest BCUT2D eigenvalue weighted by Gasteiger charge is -2.18. The van der Waals surface area contributed by atoms with Crippen LogP contribution >= 0.6 is 31.9 Å². The van der Waals surface area contributed by atoms with Crippen molar-refractivity contribution in [2.45, 2.75) is 26.3 Å². The molecule has 1 unspecified atom stereocenters. The summed E-state index contributed by atoms with van der Waals surface area (Å²) in [6.07, 6.45) is 0.885. The van der Waals surface area contributed by atoms with E-state index in [1.807, 2.05) is 0 Å². The molecule has 0 radical (unpaired) electrons. The Morgan fingerprint density at radius 3 is 2.61 bits per heavy atom. The van der Waals surface area contributed by atoms with Crippen LogP contribution in [0, 0.1) is 11.7 Å². The summed E-state index contributed by atoms with van der Waals surface area (Å²) in [5.74, 6) is -0.178. The predicted octanol–water partition coefficient (Wildman–Crippen LogP) is 4.13. The van der Waals surface area contributed by atoms with Gasteiger partial charge in [-0.1, -0.05) is 29.8 Å². The van der Waals surface area contributed by atoms with Gasteiger partial charge in [-0.3, -0.25) is 4.79 Å². The zero-order valence-corrected chi connectivity index (χ0v) is 13.5. The van der Waals surface area contributed by atoms with E-state index in [4.69, 9.17) is 0 Å². The van der Waals surface area contributed by atoms with E-state index in [1.165, 1.54) is 12.1 Å². The summed E-state index contributed by atoms with van der Waals surface area (Å²) in [7, 11) is 0.